The molecule has 8 nitrogen and oxygen atoms in total. The topological polar surface area (TPSA) is 95.1 Å². The average Bonchev–Trinajstić information content (AvgIpc) is 3.42. The summed E-state index contributed by atoms with van der Waals surface area (Å²) in [7, 11) is 6.33. The van der Waals surface area contributed by atoms with Gasteiger partial charge in [0.15, 0.2) is 23.0 Å². The van der Waals surface area contributed by atoms with Crippen LogP contribution in [0.15, 0.2) is 53.2 Å². The normalized spacial score (nSPS) is 10.6. The van der Waals surface area contributed by atoms with E-state index in [9.17, 15) is 9.59 Å². The molecule has 2 N–H and O–H groups in total. The van der Waals surface area contributed by atoms with E-state index in [2.05, 4.69) is 10.6 Å². The highest BCUT2D eigenvalue weighted by molar-refractivity contribution is 7.08. The van der Waals surface area contributed by atoms with E-state index in [4.69, 9.17) is 18.9 Å². The molecule has 0 bridgehead atoms. The van der Waals surface area contributed by atoms with Crippen molar-refractivity contribution in [1.29, 1.82) is 0 Å². The smallest absolute Gasteiger partial charge is 0.237 e. The molecule has 36 heavy (non-hydrogen) atoms. The highest BCUT2D eigenvalue weighted by atomic mass is 32.1. The third-order valence-electron chi connectivity index (χ3n) is 5.72. The maximum atomic E-state index is 13.0. The predicted octanol–water partition coefficient (Wildman–Crippen LogP) is 3.58. The lowest BCUT2D eigenvalue weighted by Crippen LogP contribution is -2.40. The molecule has 0 fully saturated rings. The molecule has 1 heterocycles. The van der Waals surface area contributed by atoms with Crippen LogP contribution in [0.3, 0.4) is 0 Å². The van der Waals surface area contributed by atoms with E-state index in [-0.39, 0.29) is 11.8 Å². The standard InChI is InChI=1S/C27H32N2O6S/c1-32-21-7-5-18(15-23(21)34-3)9-12-28-26(30)25(20-11-14-36-17-20)27(31)29-13-10-19-6-8-22(33-2)24(16-19)35-4/h5-8,11,14-17,25H,9-10,12-13H2,1-4H3,(H,28,30)(H,29,31). The van der Waals surface area contributed by atoms with Crippen molar-refractivity contribution >= 4 is 23.2 Å². The first kappa shape index (κ1) is 26.9. The van der Waals surface area contributed by atoms with Crippen LogP contribution in [0.5, 0.6) is 23.0 Å². The number of hydrogen-bond donors (Lipinski definition) is 2. The Labute approximate surface area is 215 Å². The van der Waals surface area contributed by atoms with Crippen LogP contribution in [-0.4, -0.2) is 53.3 Å². The summed E-state index contributed by atoms with van der Waals surface area (Å²) in [6.07, 6.45) is 1.17. The molecule has 0 aliphatic rings. The van der Waals surface area contributed by atoms with Crippen molar-refractivity contribution in [2.75, 3.05) is 41.5 Å². The van der Waals surface area contributed by atoms with Crippen LogP contribution >= 0.6 is 11.3 Å². The molecule has 0 radical (unpaired) electrons. The Morgan fingerprint density at radius 3 is 1.58 bits per heavy atom. The van der Waals surface area contributed by atoms with Crippen molar-refractivity contribution in [2.24, 2.45) is 0 Å². The van der Waals surface area contributed by atoms with Gasteiger partial charge in [0.2, 0.25) is 11.8 Å². The molecule has 192 valence electrons. The van der Waals surface area contributed by atoms with E-state index in [1.807, 2.05) is 47.2 Å². The van der Waals surface area contributed by atoms with Gasteiger partial charge in [0.05, 0.1) is 28.4 Å². The fourth-order valence-electron chi connectivity index (χ4n) is 3.80. The van der Waals surface area contributed by atoms with Crippen molar-refractivity contribution in [1.82, 2.24) is 10.6 Å². The van der Waals surface area contributed by atoms with Gasteiger partial charge >= 0.3 is 0 Å². The maximum absolute atomic E-state index is 13.0. The highest BCUT2D eigenvalue weighted by Crippen LogP contribution is 2.28. The quantitative estimate of drug-likeness (QED) is 0.340. The molecule has 0 spiro atoms. The molecule has 0 atom stereocenters. The number of hydrogen-bond acceptors (Lipinski definition) is 7. The van der Waals surface area contributed by atoms with Crippen molar-refractivity contribution < 1.29 is 28.5 Å². The third-order valence-corrected chi connectivity index (χ3v) is 6.42. The van der Waals surface area contributed by atoms with Gasteiger partial charge in [-0.05, 0) is 70.6 Å². The van der Waals surface area contributed by atoms with Gasteiger partial charge in [-0.25, -0.2) is 0 Å². The predicted molar refractivity (Wildman–Crippen MR) is 140 cm³/mol. The first-order valence-electron chi connectivity index (χ1n) is 11.5. The fourth-order valence-corrected chi connectivity index (χ4v) is 4.48. The number of carbonyl (C=O) groups is 2. The van der Waals surface area contributed by atoms with Gasteiger partial charge in [-0.3, -0.25) is 9.59 Å². The Morgan fingerprint density at radius 2 is 1.19 bits per heavy atom. The second kappa shape index (κ2) is 13.4. The van der Waals surface area contributed by atoms with Crippen molar-refractivity contribution in [3.63, 3.8) is 0 Å². The molecule has 0 aliphatic carbocycles. The lowest BCUT2D eigenvalue weighted by atomic mass is 10.00. The fraction of sp³-hybridized carbons (Fsp3) is 0.333. The number of ether oxygens (including phenoxy) is 4. The first-order chi connectivity index (χ1) is 17.5. The van der Waals surface area contributed by atoms with Crippen LogP contribution in [0.4, 0.5) is 0 Å². The molecule has 0 aliphatic heterocycles. The Bertz CT molecular complexity index is 1080. The summed E-state index contributed by atoms with van der Waals surface area (Å²) in [5.74, 6) is 0.958. The zero-order chi connectivity index (χ0) is 25.9. The second-order valence-electron chi connectivity index (χ2n) is 7.95. The largest absolute Gasteiger partial charge is 0.493 e. The minimum absolute atomic E-state index is 0.336. The van der Waals surface area contributed by atoms with E-state index >= 15 is 0 Å². The number of nitrogens with one attached hydrogen (secondary N) is 2. The number of amides is 2. The Hall–Kier alpha value is -3.72. The average molecular weight is 513 g/mol. The molecule has 0 saturated heterocycles. The summed E-state index contributed by atoms with van der Waals surface area (Å²) >= 11 is 1.45. The Balaban J connectivity index is 1.58. The molecule has 3 aromatic rings. The minimum atomic E-state index is -0.924. The number of methoxy groups -OCH3 is 4. The zero-order valence-electron chi connectivity index (χ0n) is 21.0. The van der Waals surface area contributed by atoms with Crippen LogP contribution in [-0.2, 0) is 22.4 Å². The zero-order valence-corrected chi connectivity index (χ0v) is 21.8. The summed E-state index contributed by atoms with van der Waals surface area (Å²) in [6.45, 7) is 0.766. The number of rotatable bonds is 13. The SMILES string of the molecule is COc1ccc(CCNC(=O)C(C(=O)NCCc2ccc(OC)c(OC)c2)c2ccsc2)cc1OC. The Kier molecular flexibility index (Phi) is 10.00. The molecule has 0 unspecified atom stereocenters. The lowest BCUT2D eigenvalue weighted by Gasteiger charge is -2.17. The van der Waals surface area contributed by atoms with E-state index < -0.39 is 5.92 Å². The minimum Gasteiger partial charge on any atom is -0.493 e. The summed E-state index contributed by atoms with van der Waals surface area (Å²) in [5, 5.41) is 9.49. The van der Waals surface area contributed by atoms with Crippen LogP contribution in [0, 0.1) is 0 Å². The number of benzene rings is 2. The second-order valence-corrected chi connectivity index (χ2v) is 8.73. The van der Waals surface area contributed by atoms with Crippen LogP contribution in [0.25, 0.3) is 0 Å². The van der Waals surface area contributed by atoms with Crippen molar-refractivity contribution in [3.05, 3.63) is 69.9 Å². The lowest BCUT2D eigenvalue weighted by molar-refractivity contribution is -0.131. The monoisotopic (exact) mass is 512 g/mol. The van der Waals surface area contributed by atoms with Crippen molar-refractivity contribution in [2.45, 2.75) is 18.8 Å². The summed E-state index contributed by atoms with van der Waals surface area (Å²) in [4.78, 5) is 26.1. The number of thiophene rings is 1. The Morgan fingerprint density at radius 1 is 0.722 bits per heavy atom. The van der Waals surface area contributed by atoms with Gasteiger partial charge in [0.25, 0.3) is 0 Å². The molecular weight excluding hydrogens is 480 g/mol. The summed E-state index contributed by atoms with van der Waals surface area (Å²) in [6, 6.07) is 13.1. The highest BCUT2D eigenvalue weighted by Gasteiger charge is 2.28. The maximum Gasteiger partial charge on any atom is 0.237 e. The van der Waals surface area contributed by atoms with Crippen molar-refractivity contribution in [3.8, 4) is 23.0 Å². The number of carbonyl (C=O) groups excluding carboxylic acids is 2. The molecule has 1 aromatic heterocycles. The molecule has 2 amide bonds. The van der Waals surface area contributed by atoms with Crippen LogP contribution in [0.2, 0.25) is 0 Å². The van der Waals surface area contributed by atoms with E-state index in [1.165, 1.54) is 11.3 Å². The molecular formula is C27H32N2O6S. The van der Waals surface area contributed by atoms with Gasteiger partial charge in [-0.2, -0.15) is 11.3 Å². The summed E-state index contributed by atoms with van der Waals surface area (Å²) < 4.78 is 21.2. The van der Waals surface area contributed by atoms with Crippen LogP contribution < -0.4 is 29.6 Å². The van der Waals surface area contributed by atoms with Gasteiger partial charge in [0, 0.05) is 13.1 Å². The molecule has 2 aromatic carbocycles. The van der Waals surface area contributed by atoms with Crippen LogP contribution in [0.1, 0.15) is 22.6 Å². The van der Waals surface area contributed by atoms with E-state index in [1.54, 1.807) is 34.5 Å². The van der Waals surface area contributed by atoms with E-state index in [0.717, 1.165) is 11.1 Å². The molecule has 3 rings (SSSR count). The van der Waals surface area contributed by atoms with Gasteiger partial charge in [-0.15, -0.1) is 0 Å². The third kappa shape index (κ3) is 6.91. The summed E-state index contributed by atoms with van der Waals surface area (Å²) in [5.41, 5.74) is 2.64. The first-order valence-corrected chi connectivity index (χ1v) is 12.4. The molecule has 9 heteroatoms. The van der Waals surface area contributed by atoms with Gasteiger partial charge in [-0.1, -0.05) is 12.1 Å². The van der Waals surface area contributed by atoms with Gasteiger partial charge < -0.3 is 29.6 Å². The molecule has 0 saturated carbocycles. The van der Waals surface area contributed by atoms with E-state index in [0.29, 0.717) is 54.5 Å². The van der Waals surface area contributed by atoms with Gasteiger partial charge in [0.1, 0.15) is 5.92 Å².